The number of benzene rings is 1. The van der Waals surface area contributed by atoms with Crippen molar-refractivity contribution in [3.8, 4) is 11.5 Å². The molecule has 0 fully saturated rings. The number of ether oxygens (including phenoxy) is 2. The van der Waals surface area contributed by atoms with Crippen LogP contribution < -0.4 is 9.47 Å². The number of aliphatic hydroxyl groups is 1. The molecule has 1 atom stereocenters. The number of carbonyl (C=O) groups is 1. The molecule has 0 aromatic heterocycles. The van der Waals surface area contributed by atoms with Crippen molar-refractivity contribution in [3.63, 3.8) is 0 Å². The van der Waals surface area contributed by atoms with Crippen LogP contribution in [-0.4, -0.2) is 31.9 Å². The van der Waals surface area contributed by atoms with Crippen LogP contribution in [0.15, 0.2) is 12.1 Å². The topological polar surface area (TPSA) is 72.8 Å². The van der Waals surface area contributed by atoms with Crippen LogP contribution in [0, 0.1) is 0 Å². The predicted molar refractivity (Wildman–Crippen MR) is 55.6 cm³/mol. The van der Waals surface area contributed by atoms with E-state index in [1.54, 1.807) is 0 Å². The van der Waals surface area contributed by atoms with E-state index in [2.05, 4.69) is 0 Å². The summed E-state index contributed by atoms with van der Waals surface area (Å²) in [4.78, 5) is 21.3. The lowest BCUT2D eigenvalue weighted by Gasteiger charge is -2.13. The van der Waals surface area contributed by atoms with Gasteiger partial charge in [-0.1, -0.05) is 6.07 Å². The number of carbonyl (C=O) groups excluding carboxylic acids is 2. The Labute approximate surface area is 92.6 Å². The van der Waals surface area contributed by atoms with Crippen molar-refractivity contribution >= 4 is 12.6 Å². The second-order valence-corrected chi connectivity index (χ2v) is 2.94. The van der Waals surface area contributed by atoms with E-state index in [-0.39, 0.29) is 16.9 Å². The van der Waals surface area contributed by atoms with Crippen molar-refractivity contribution in [2.24, 2.45) is 0 Å². The monoisotopic (exact) mass is 223 g/mol. The van der Waals surface area contributed by atoms with Gasteiger partial charge in [0.05, 0.1) is 19.8 Å². The third kappa shape index (κ3) is 2.04. The maximum Gasteiger partial charge on any atom is 0.234 e. The van der Waals surface area contributed by atoms with Crippen molar-refractivity contribution < 1.29 is 24.2 Å². The van der Waals surface area contributed by atoms with E-state index >= 15 is 0 Å². The molecule has 1 rings (SSSR count). The van der Waals surface area contributed by atoms with Gasteiger partial charge in [-0.25, -0.2) is 0 Å². The zero-order chi connectivity index (χ0) is 12.1. The molecule has 0 saturated carbocycles. The second-order valence-electron chi connectivity index (χ2n) is 2.94. The number of hydrogen-bond acceptors (Lipinski definition) is 5. The van der Waals surface area contributed by atoms with Gasteiger partial charge in [0, 0.05) is 5.56 Å². The second kappa shape index (κ2) is 5.27. The zero-order valence-electron chi connectivity index (χ0n) is 8.89. The first kappa shape index (κ1) is 12.2. The van der Waals surface area contributed by atoms with Gasteiger partial charge in [0.2, 0.25) is 6.29 Å². The third-order valence-corrected chi connectivity index (χ3v) is 2.14. The molecule has 1 N–H and O–H groups in total. The summed E-state index contributed by atoms with van der Waals surface area (Å²) in [5.41, 5.74) is 0.223. The Hall–Kier alpha value is -1.88. The van der Waals surface area contributed by atoms with Crippen molar-refractivity contribution in [2.75, 3.05) is 14.2 Å². The first-order chi connectivity index (χ1) is 7.69. The van der Waals surface area contributed by atoms with Gasteiger partial charge in [-0.2, -0.15) is 0 Å². The summed E-state index contributed by atoms with van der Waals surface area (Å²) in [6.07, 6.45) is 0.420. The van der Waals surface area contributed by atoms with Crippen molar-refractivity contribution in [1.29, 1.82) is 0 Å². The molecule has 0 aliphatic rings. The normalized spacial score (nSPS) is 11.7. The lowest BCUT2D eigenvalue weighted by atomic mass is 10.0. The maximum atomic E-state index is 10.9. The molecule has 5 nitrogen and oxygen atoms in total. The van der Waals surface area contributed by atoms with Gasteiger partial charge < -0.3 is 14.6 Å². The summed E-state index contributed by atoms with van der Waals surface area (Å²) < 4.78 is 9.98. The number of aldehydes is 1. The highest BCUT2D eigenvalue weighted by molar-refractivity contribution is 5.85. The molecule has 0 aliphatic heterocycles. The lowest BCUT2D eigenvalue weighted by molar-refractivity contribution is 0.111. The summed E-state index contributed by atoms with van der Waals surface area (Å²) in [6, 6.07) is 2.92. The molecule has 1 aromatic rings. The molecule has 1 unspecified atom stereocenters. The van der Waals surface area contributed by atoms with Crippen molar-refractivity contribution in [3.05, 3.63) is 23.3 Å². The molecular weight excluding hydrogens is 212 g/mol. The SMILES string of the molecule is COc1ccc(C(O)[C]=O)c(C=O)c1OC. The smallest absolute Gasteiger partial charge is 0.234 e. The van der Waals surface area contributed by atoms with E-state index < -0.39 is 6.10 Å². The number of rotatable bonds is 5. The quantitative estimate of drug-likeness (QED) is 0.742. The van der Waals surface area contributed by atoms with Crippen LogP contribution in [0.2, 0.25) is 0 Å². The molecule has 0 aliphatic carbocycles. The maximum absolute atomic E-state index is 10.9. The molecule has 16 heavy (non-hydrogen) atoms. The largest absolute Gasteiger partial charge is 0.493 e. The first-order valence-corrected chi connectivity index (χ1v) is 4.45. The lowest BCUT2D eigenvalue weighted by Crippen LogP contribution is -2.05. The Morgan fingerprint density at radius 2 is 2.06 bits per heavy atom. The van der Waals surface area contributed by atoms with E-state index in [0.29, 0.717) is 12.0 Å². The van der Waals surface area contributed by atoms with E-state index in [4.69, 9.17) is 9.47 Å². The molecule has 5 heteroatoms. The van der Waals surface area contributed by atoms with Crippen molar-refractivity contribution in [2.45, 2.75) is 6.10 Å². The molecule has 0 amide bonds. The zero-order valence-corrected chi connectivity index (χ0v) is 8.89. The molecule has 0 spiro atoms. The molecule has 0 saturated heterocycles. The average molecular weight is 223 g/mol. The summed E-state index contributed by atoms with van der Waals surface area (Å²) in [6.45, 7) is 0. The first-order valence-electron chi connectivity index (χ1n) is 4.45. The van der Waals surface area contributed by atoms with Gasteiger partial charge in [0.25, 0.3) is 0 Å². The fourth-order valence-electron chi connectivity index (χ4n) is 1.39. The fraction of sp³-hybridized carbons (Fsp3) is 0.273. The number of hydrogen-bond donors (Lipinski definition) is 1. The fourth-order valence-corrected chi connectivity index (χ4v) is 1.39. The molecule has 1 radical (unpaired) electrons. The van der Waals surface area contributed by atoms with E-state index in [0.717, 1.165) is 0 Å². The van der Waals surface area contributed by atoms with E-state index in [1.807, 2.05) is 0 Å². The highest BCUT2D eigenvalue weighted by atomic mass is 16.5. The van der Waals surface area contributed by atoms with Crippen LogP contribution >= 0.6 is 0 Å². The summed E-state index contributed by atoms with van der Waals surface area (Å²) in [7, 11) is 2.79. The van der Waals surface area contributed by atoms with Crippen molar-refractivity contribution in [1.82, 2.24) is 0 Å². The Morgan fingerprint density at radius 1 is 1.38 bits per heavy atom. The van der Waals surface area contributed by atoms with Crippen LogP contribution in [0.5, 0.6) is 11.5 Å². The van der Waals surface area contributed by atoms with Gasteiger partial charge >= 0.3 is 0 Å². The van der Waals surface area contributed by atoms with Crippen LogP contribution in [0.3, 0.4) is 0 Å². The number of methoxy groups -OCH3 is 2. The van der Waals surface area contributed by atoms with Crippen LogP contribution in [0.25, 0.3) is 0 Å². The van der Waals surface area contributed by atoms with Gasteiger partial charge in [0.1, 0.15) is 6.10 Å². The Bertz CT molecular complexity index is 400. The Kier molecular flexibility index (Phi) is 4.02. The minimum absolute atomic E-state index is 0.0812. The van der Waals surface area contributed by atoms with E-state index in [1.165, 1.54) is 32.6 Å². The highest BCUT2D eigenvalue weighted by Gasteiger charge is 2.19. The van der Waals surface area contributed by atoms with Crippen LogP contribution in [-0.2, 0) is 4.79 Å². The molecule has 1 aromatic carbocycles. The van der Waals surface area contributed by atoms with Crippen LogP contribution in [0.4, 0.5) is 0 Å². The minimum atomic E-state index is -1.47. The van der Waals surface area contributed by atoms with Gasteiger partial charge in [-0.05, 0) is 6.07 Å². The molecular formula is C11H11O5. The predicted octanol–water partition coefficient (Wildman–Crippen LogP) is 0.659. The van der Waals surface area contributed by atoms with Crippen LogP contribution in [0.1, 0.15) is 22.0 Å². The summed E-state index contributed by atoms with van der Waals surface area (Å²) in [5, 5.41) is 9.35. The highest BCUT2D eigenvalue weighted by Crippen LogP contribution is 2.34. The molecule has 0 bridgehead atoms. The molecule has 85 valence electrons. The Balaban J connectivity index is 3.42. The standard InChI is InChI=1S/C11H11O5/c1-15-10-4-3-7(9(14)6-13)8(5-12)11(10)16-2/h3-5,9,14H,1-2H3. The molecule has 0 heterocycles. The van der Waals surface area contributed by atoms with Gasteiger partial charge in [-0.15, -0.1) is 0 Å². The minimum Gasteiger partial charge on any atom is -0.493 e. The Morgan fingerprint density at radius 3 is 2.50 bits per heavy atom. The number of aliphatic hydroxyl groups excluding tert-OH is 1. The van der Waals surface area contributed by atoms with Gasteiger partial charge in [-0.3, -0.25) is 9.59 Å². The summed E-state index contributed by atoms with van der Waals surface area (Å²) in [5.74, 6) is 0.538. The van der Waals surface area contributed by atoms with E-state index in [9.17, 15) is 14.7 Å². The summed E-state index contributed by atoms with van der Waals surface area (Å²) >= 11 is 0. The third-order valence-electron chi connectivity index (χ3n) is 2.14. The van der Waals surface area contributed by atoms with Gasteiger partial charge in [0.15, 0.2) is 17.8 Å². The average Bonchev–Trinajstić information content (AvgIpc) is 2.35.